The molecule has 0 unspecified atom stereocenters. The van der Waals surface area contributed by atoms with Crippen molar-refractivity contribution in [3.63, 3.8) is 0 Å². The molecule has 3 aromatic rings. The topological polar surface area (TPSA) is 104 Å². The standard InChI is InChI=1S/C21H25F3N6O.4H2/c1-12(2)10-20(31)11-30(9-7-15(20)25)16-6-5-14(21(22,23)24)18(27-16)17-13-4-3-8-26-19(13)29-28-17;;;;/h3-6,8,12,15,31H,7,9-11,25H2,1-2H3,(H,26,28,29);4*1H/t15-,20-;;;;/m1..../s1. The lowest BCUT2D eigenvalue weighted by Gasteiger charge is -2.45. The molecule has 4 N–H and O–H groups in total. The molecule has 4 heterocycles. The molecule has 0 spiro atoms. The van der Waals surface area contributed by atoms with Gasteiger partial charge in [-0.15, -0.1) is 0 Å². The number of β-amino-alcohol motifs (C(OH)–C–C–N with tert-alkyl or cyclic N) is 1. The number of aromatic amines is 1. The molecule has 10 heteroatoms. The third-order valence-corrected chi connectivity index (χ3v) is 5.70. The van der Waals surface area contributed by atoms with E-state index < -0.39 is 23.4 Å². The van der Waals surface area contributed by atoms with Crippen LogP contribution in [0.25, 0.3) is 22.4 Å². The molecule has 3 aromatic heterocycles. The SMILES string of the molecule is CC(C)C[C@@]1(O)CN(c2ccc(C(F)(F)F)c(-c3[nH]nc4ncccc34)n2)CC[C@H]1N.[HH].[HH].[HH].[HH]. The fraction of sp³-hybridized carbons (Fsp3) is 0.476. The maximum absolute atomic E-state index is 13.8. The van der Waals surface area contributed by atoms with E-state index in [1.807, 2.05) is 13.8 Å². The van der Waals surface area contributed by atoms with Gasteiger partial charge >= 0.3 is 6.18 Å². The fourth-order valence-electron chi connectivity index (χ4n) is 4.28. The van der Waals surface area contributed by atoms with Gasteiger partial charge in [0.1, 0.15) is 11.5 Å². The highest BCUT2D eigenvalue weighted by atomic mass is 19.4. The molecule has 0 aliphatic carbocycles. The Kier molecular flexibility index (Phi) is 5.38. The number of nitrogens with zero attached hydrogens (tertiary/aromatic N) is 4. The number of pyridine rings is 2. The zero-order valence-electron chi connectivity index (χ0n) is 17.3. The first kappa shape index (κ1) is 21.5. The van der Waals surface area contributed by atoms with Crippen molar-refractivity contribution in [2.75, 3.05) is 18.0 Å². The summed E-state index contributed by atoms with van der Waals surface area (Å²) in [5, 5.41) is 18.2. The molecule has 2 atom stereocenters. The normalized spacial score (nSPS) is 22.5. The molecule has 0 radical (unpaired) electrons. The molecule has 0 amide bonds. The van der Waals surface area contributed by atoms with E-state index in [-0.39, 0.29) is 29.6 Å². The van der Waals surface area contributed by atoms with Gasteiger partial charge in [-0.1, -0.05) is 13.8 Å². The minimum absolute atomic E-state index is 0. The summed E-state index contributed by atoms with van der Waals surface area (Å²) < 4.78 is 41.3. The highest BCUT2D eigenvalue weighted by Gasteiger charge is 2.41. The van der Waals surface area contributed by atoms with Crippen molar-refractivity contribution in [2.24, 2.45) is 11.7 Å². The molecular weight excluding hydrogens is 409 g/mol. The molecule has 1 saturated heterocycles. The van der Waals surface area contributed by atoms with E-state index in [0.717, 1.165) is 6.07 Å². The highest BCUT2D eigenvalue weighted by molar-refractivity contribution is 5.90. The molecular formula is C21H33F3N6O. The number of nitrogens with two attached hydrogens (primary N) is 1. The van der Waals surface area contributed by atoms with Crippen LogP contribution in [0.2, 0.25) is 0 Å². The predicted octanol–water partition coefficient (Wildman–Crippen LogP) is 4.34. The first-order valence-electron chi connectivity index (χ1n) is 10.2. The van der Waals surface area contributed by atoms with E-state index in [9.17, 15) is 18.3 Å². The monoisotopic (exact) mass is 442 g/mol. The van der Waals surface area contributed by atoms with Gasteiger partial charge in [0.05, 0.1) is 16.9 Å². The van der Waals surface area contributed by atoms with Crippen molar-refractivity contribution in [1.29, 1.82) is 0 Å². The Morgan fingerprint density at radius 3 is 2.84 bits per heavy atom. The number of aromatic nitrogens is 4. The van der Waals surface area contributed by atoms with Crippen LogP contribution in [0.15, 0.2) is 30.5 Å². The average molecular weight is 443 g/mol. The summed E-state index contributed by atoms with van der Waals surface area (Å²) in [5.74, 6) is 0.569. The highest BCUT2D eigenvalue weighted by Crippen LogP contribution is 2.39. The van der Waals surface area contributed by atoms with Gasteiger partial charge < -0.3 is 15.7 Å². The quantitative estimate of drug-likeness (QED) is 0.555. The Morgan fingerprint density at radius 1 is 1.35 bits per heavy atom. The summed E-state index contributed by atoms with van der Waals surface area (Å²) in [5.41, 5.74) is 4.41. The Hall–Kier alpha value is -2.72. The Balaban J connectivity index is 0.00000289. The number of nitrogens with one attached hydrogen (secondary N) is 1. The van der Waals surface area contributed by atoms with Crippen LogP contribution in [-0.2, 0) is 6.18 Å². The molecule has 1 aliphatic rings. The number of alkyl halides is 3. The molecule has 4 rings (SSSR count). The minimum Gasteiger partial charge on any atom is -0.386 e. The summed E-state index contributed by atoms with van der Waals surface area (Å²) in [6, 6.07) is 5.25. The van der Waals surface area contributed by atoms with E-state index >= 15 is 0 Å². The van der Waals surface area contributed by atoms with Crippen LogP contribution in [0.5, 0.6) is 0 Å². The Labute approximate surface area is 183 Å². The van der Waals surface area contributed by atoms with Crippen molar-refractivity contribution in [3.8, 4) is 11.4 Å². The zero-order valence-corrected chi connectivity index (χ0v) is 17.3. The third kappa shape index (κ3) is 4.09. The second kappa shape index (κ2) is 7.76. The van der Waals surface area contributed by atoms with Crippen LogP contribution in [0.4, 0.5) is 19.0 Å². The van der Waals surface area contributed by atoms with Crippen molar-refractivity contribution in [2.45, 2.75) is 44.5 Å². The van der Waals surface area contributed by atoms with Gasteiger partial charge in [0, 0.05) is 36.4 Å². The molecule has 174 valence electrons. The largest absolute Gasteiger partial charge is 0.418 e. The van der Waals surface area contributed by atoms with Crippen molar-refractivity contribution >= 4 is 16.9 Å². The first-order chi connectivity index (χ1) is 14.6. The van der Waals surface area contributed by atoms with Crippen LogP contribution < -0.4 is 10.6 Å². The molecule has 31 heavy (non-hydrogen) atoms. The number of fused-ring (bicyclic) bond motifs is 1. The number of anilines is 1. The van der Waals surface area contributed by atoms with Crippen molar-refractivity contribution < 1.29 is 24.0 Å². The number of aliphatic hydroxyl groups is 1. The molecule has 7 nitrogen and oxygen atoms in total. The number of H-pyrrole nitrogens is 1. The van der Waals surface area contributed by atoms with Gasteiger partial charge in [0.25, 0.3) is 0 Å². The maximum Gasteiger partial charge on any atom is 0.418 e. The number of hydrogen-bond donors (Lipinski definition) is 3. The van der Waals surface area contributed by atoms with Gasteiger partial charge in [-0.05, 0) is 43.0 Å². The number of piperidine rings is 1. The van der Waals surface area contributed by atoms with Gasteiger partial charge in [-0.25, -0.2) is 9.97 Å². The van der Waals surface area contributed by atoms with Gasteiger partial charge in [0.15, 0.2) is 5.65 Å². The lowest BCUT2D eigenvalue weighted by atomic mass is 9.81. The lowest BCUT2D eigenvalue weighted by Crippen LogP contribution is -2.61. The summed E-state index contributed by atoms with van der Waals surface area (Å²) in [6.07, 6.45) is -2.07. The molecule has 0 aromatic carbocycles. The number of hydrogen-bond acceptors (Lipinski definition) is 6. The van der Waals surface area contributed by atoms with E-state index in [1.165, 1.54) is 12.3 Å². The smallest absolute Gasteiger partial charge is 0.386 e. The van der Waals surface area contributed by atoms with Crippen LogP contribution in [-0.4, -0.2) is 50.0 Å². The lowest BCUT2D eigenvalue weighted by molar-refractivity contribution is -0.137. The zero-order chi connectivity index (χ0) is 22.4. The van der Waals surface area contributed by atoms with Gasteiger partial charge in [-0.3, -0.25) is 5.10 Å². The fourth-order valence-corrected chi connectivity index (χ4v) is 4.28. The van der Waals surface area contributed by atoms with Crippen LogP contribution in [0.3, 0.4) is 0 Å². The summed E-state index contributed by atoms with van der Waals surface area (Å²) in [4.78, 5) is 10.3. The average Bonchev–Trinajstić information content (AvgIpc) is 3.12. The first-order valence-corrected chi connectivity index (χ1v) is 10.2. The van der Waals surface area contributed by atoms with Crippen molar-refractivity contribution in [1.82, 2.24) is 20.2 Å². The maximum atomic E-state index is 13.8. The van der Waals surface area contributed by atoms with E-state index in [4.69, 9.17) is 5.73 Å². The summed E-state index contributed by atoms with van der Waals surface area (Å²) in [7, 11) is 0. The Morgan fingerprint density at radius 2 is 2.13 bits per heavy atom. The predicted molar refractivity (Wildman–Crippen MR) is 120 cm³/mol. The minimum atomic E-state index is -4.59. The van der Waals surface area contributed by atoms with E-state index in [0.29, 0.717) is 36.2 Å². The molecule has 0 saturated carbocycles. The third-order valence-electron chi connectivity index (χ3n) is 5.70. The number of halogens is 3. The van der Waals surface area contributed by atoms with E-state index in [2.05, 4.69) is 20.2 Å². The van der Waals surface area contributed by atoms with Crippen LogP contribution >= 0.6 is 0 Å². The van der Waals surface area contributed by atoms with Crippen LogP contribution in [0.1, 0.15) is 38.0 Å². The van der Waals surface area contributed by atoms with Gasteiger partial charge in [-0.2, -0.15) is 18.3 Å². The van der Waals surface area contributed by atoms with Crippen molar-refractivity contribution in [3.05, 3.63) is 36.0 Å². The summed E-state index contributed by atoms with van der Waals surface area (Å²) in [6.45, 7) is 4.69. The van der Waals surface area contributed by atoms with E-state index in [1.54, 1.807) is 17.0 Å². The second-order valence-electron chi connectivity index (χ2n) is 8.55. The summed E-state index contributed by atoms with van der Waals surface area (Å²) >= 11 is 0. The molecule has 1 fully saturated rings. The van der Waals surface area contributed by atoms with Gasteiger partial charge in [0.2, 0.25) is 0 Å². The Bertz CT molecular complexity index is 1100. The van der Waals surface area contributed by atoms with Crippen LogP contribution in [0, 0.1) is 5.92 Å². The molecule has 0 bridgehead atoms. The number of rotatable bonds is 4. The second-order valence-corrected chi connectivity index (χ2v) is 8.55. The molecule has 1 aliphatic heterocycles.